The van der Waals surface area contributed by atoms with E-state index >= 15 is 0 Å². The Labute approximate surface area is 144 Å². The van der Waals surface area contributed by atoms with Crippen LogP contribution in [0, 0.1) is 6.92 Å². The molecule has 1 aromatic heterocycles. The molecule has 2 aromatic carbocycles. The monoisotopic (exact) mass is 332 g/mol. The lowest BCUT2D eigenvalue weighted by molar-refractivity contribution is 0.0696. The summed E-state index contributed by atoms with van der Waals surface area (Å²) in [4.78, 5) is 11.3. The fourth-order valence-corrected chi connectivity index (χ4v) is 3.87. The van der Waals surface area contributed by atoms with Crippen LogP contribution in [0.4, 0.5) is 0 Å². The zero-order valence-corrected chi connectivity index (χ0v) is 13.6. The first-order valence-electron chi connectivity index (χ1n) is 8.24. The molecule has 0 spiro atoms. The van der Waals surface area contributed by atoms with Crippen LogP contribution in [-0.4, -0.2) is 20.9 Å². The summed E-state index contributed by atoms with van der Waals surface area (Å²) in [6.45, 7) is 2.73. The maximum atomic E-state index is 11.3. The molecule has 0 amide bonds. The Kier molecular flexibility index (Phi) is 2.91. The van der Waals surface area contributed by atoms with Crippen molar-refractivity contribution in [3.05, 3.63) is 87.7 Å². The third-order valence-electron chi connectivity index (χ3n) is 4.99. The third-order valence-corrected chi connectivity index (χ3v) is 4.99. The molecule has 2 bridgehead atoms. The van der Waals surface area contributed by atoms with Gasteiger partial charge in [-0.2, -0.15) is 5.10 Å². The maximum Gasteiger partial charge on any atom is 0.335 e. The molecule has 3 heterocycles. The summed E-state index contributed by atoms with van der Waals surface area (Å²) >= 11 is 0. The second kappa shape index (κ2) is 5.04. The fourth-order valence-electron chi connectivity index (χ4n) is 3.87. The van der Waals surface area contributed by atoms with Crippen LogP contribution in [-0.2, 0) is 11.3 Å². The average molecular weight is 332 g/mol. The van der Waals surface area contributed by atoms with Crippen LogP contribution in [0.1, 0.15) is 55.9 Å². The summed E-state index contributed by atoms with van der Waals surface area (Å²) in [5, 5.41) is 13.6. The van der Waals surface area contributed by atoms with Gasteiger partial charge in [0.15, 0.2) is 0 Å². The Balaban J connectivity index is 1.52. The Hall–Kier alpha value is -2.92. The van der Waals surface area contributed by atoms with Crippen molar-refractivity contribution in [1.29, 1.82) is 0 Å². The third kappa shape index (κ3) is 2.13. The lowest BCUT2D eigenvalue weighted by atomic mass is 9.84. The van der Waals surface area contributed by atoms with Gasteiger partial charge in [0.25, 0.3) is 0 Å². The van der Waals surface area contributed by atoms with Gasteiger partial charge in [-0.1, -0.05) is 24.3 Å². The van der Waals surface area contributed by atoms with Crippen LogP contribution in [0.25, 0.3) is 0 Å². The Morgan fingerprint density at radius 2 is 1.84 bits per heavy atom. The molecule has 0 radical (unpaired) electrons. The largest absolute Gasteiger partial charge is 0.478 e. The highest BCUT2D eigenvalue weighted by atomic mass is 16.5. The number of carboxylic acid groups (broad SMARTS) is 1. The van der Waals surface area contributed by atoms with Gasteiger partial charge in [0.05, 0.1) is 18.3 Å². The highest BCUT2D eigenvalue weighted by Gasteiger charge is 2.42. The lowest BCUT2D eigenvalue weighted by Gasteiger charge is -2.17. The van der Waals surface area contributed by atoms with Crippen molar-refractivity contribution in [2.24, 2.45) is 0 Å². The summed E-state index contributed by atoms with van der Waals surface area (Å²) in [5.74, 6) is -0.909. The van der Waals surface area contributed by atoms with Crippen LogP contribution in [0.2, 0.25) is 0 Å². The molecule has 5 heteroatoms. The number of ether oxygens (including phenoxy) is 1. The first kappa shape index (κ1) is 14.4. The van der Waals surface area contributed by atoms with E-state index in [0.29, 0.717) is 12.1 Å². The van der Waals surface area contributed by atoms with Crippen molar-refractivity contribution in [2.45, 2.75) is 25.7 Å². The normalized spacial score (nSPS) is 19.7. The van der Waals surface area contributed by atoms with E-state index in [1.807, 2.05) is 30.1 Å². The van der Waals surface area contributed by atoms with Crippen LogP contribution in [0.3, 0.4) is 0 Å². The van der Waals surface area contributed by atoms with Crippen LogP contribution < -0.4 is 0 Å². The topological polar surface area (TPSA) is 64.4 Å². The first-order chi connectivity index (χ1) is 12.1. The molecule has 5 nitrogen and oxygen atoms in total. The average Bonchev–Trinajstić information content (AvgIpc) is 3.28. The van der Waals surface area contributed by atoms with Crippen LogP contribution in [0.15, 0.2) is 48.8 Å². The number of fused-ring (bicyclic) bond motifs is 8. The molecule has 2 unspecified atom stereocenters. The van der Waals surface area contributed by atoms with Gasteiger partial charge in [0.1, 0.15) is 12.2 Å². The van der Waals surface area contributed by atoms with Gasteiger partial charge in [0.2, 0.25) is 0 Å². The molecular weight excluding hydrogens is 316 g/mol. The molecule has 2 aliphatic rings. The van der Waals surface area contributed by atoms with Crippen molar-refractivity contribution >= 4 is 5.97 Å². The van der Waals surface area contributed by atoms with Crippen LogP contribution in [0.5, 0.6) is 0 Å². The summed E-state index contributed by atoms with van der Waals surface area (Å²) in [6.07, 6.45) is 3.61. The minimum atomic E-state index is -0.909. The van der Waals surface area contributed by atoms with E-state index in [9.17, 15) is 9.90 Å². The van der Waals surface area contributed by atoms with Gasteiger partial charge in [0, 0.05) is 6.20 Å². The lowest BCUT2D eigenvalue weighted by Crippen LogP contribution is -2.07. The Morgan fingerprint density at radius 3 is 2.56 bits per heavy atom. The predicted molar refractivity (Wildman–Crippen MR) is 90.7 cm³/mol. The molecule has 124 valence electrons. The number of benzene rings is 2. The number of rotatable bonds is 3. The molecule has 3 aromatic rings. The Morgan fingerprint density at radius 1 is 1.12 bits per heavy atom. The number of aryl methyl sites for hydroxylation is 1. The molecule has 2 atom stereocenters. The van der Waals surface area contributed by atoms with Crippen molar-refractivity contribution < 1.29 is 14.6 Å². The number of aromatic nitrogens is 2. The molecule has 1 N–H and O–H groups in total. The minimum absolute atomic E-state index is 0.0844. The smallest absolute Gasteiger partial charge is 0.335 e. The molecule has 25 heavy (non-hydrogen) atoms. The van der Waals surface area contributed by atoms with Crippen molar-refractivity contribution in [1.82, 2.24) is 9.78 Å². The van der Waals surface area contributed by atoms with Gasteiger partial charge in [-0.15, -0.1) is 0 Å². The predicted octanol–water partition coefficient (Wildman–Crippen LogP) is 3.46. The van der Waals surface area contributed by atoms with Crippen LogP contribution >= 0.6 is 0 Å². The number of hydrogen-bond acceptors (Lipinski definition) is 3. The summed E-state index contributed by atoms with van der Waals surface area (Å²) in [5.41, 5.74) is 6.98. The highest BCUT2D eigenvalue weighted by molar-refractivity contribution is 5.88. The van der Waals surface area contributed by atoms with E-state index in [0.717, 1.165) is 27.8 Å². The molecule has 5 rings (SSSR count). The Bertz CT molecular complexity index is 1020. The van der Waals surface area contributed by atoms with E-state index in [2.05, 4.69) is 23.3 Å². The SMILES string of the molecule is Cc1cnn(Cc2ccc3c(c2)C2OC3c3ccc(C(=O)O)cc32)c1. The number of aromatic carboxylic acids is 1. The number of carbonyl (C=O) groups is 1. The van der Waals surface area contributed by atoms with Gasteiger partial charge in [-0.05, 0) is 52.4 Å². The molecule has 0 aliphatic carbocycles. The highest BCUT2D eigenvalue weighted by Crippen LogP contribution is 2.54. The number of hydrogen-bond donors (Lipinski definition) is 1. The summed E-state index contributed by atoms with van der Waals surface area (Å²) in [6, 6.07) is 11.7. The molecular formula is C20H16N2O3. The van der Waals surface area contributed by atoms with Gasteiger partial charge in [-0.25, -0.2) is 4.79 Å². The van der Waals surface area contributed by atoms with E-state index in [1.54, 1.807) is 12.1 Å². The quantitative estimate of drug-likeness (QED) is 0.798. The van der Waals surface area contributed by atoms with Gasteiger partial charge in [-0.3, -0.25) is 4.68 Å². The minimum Gasteiger partial charge on any atom is -0.478 e. The zero-order chi connectivity index (χ0) is 17.1. The van der Waals surface area contributed by atoms with E-state index in [1.165, 1.54) is 5.56 Å². The van der Waals surface area contributed by atoms with E-state index in [-0.39, 0.29) is 12.2 Å². The van der Waals surface area contributed by atoms with Gasteiger partial charge < -0.3 is 9.84 Å². The maximum absolute atomic E-state index is 11.3. The summed E-state index contributed by atoms with van der Waals surface area (Å²) in [7, 11) is 0. The standard InChI is InChI=1S/C20H16N2O3/c1-11-8-21-22(9-11)10-12-2-4-14-16(6-12)19-17-7-13(20(23)24)3-5-15(17)18(14)25-19/h2-9,18-19H,10H2,1H3,(H,23,24). The fraction of sp³-hybridized carbons (Fsp3) is 0.200. The first-order valence-corrected chi connectivity index (χ1v) is 8.24. The van der Waals surface area contributed by atoms with Gasteiger partial charge >= 0.3 is 5.97 Å². The van der Waals surface area contributed by atoms with E-state index < -0.39 is 5.97 Å². The van der Waals surface area contributed by atoms with Crippen molar-refractivity contribution in [3.8, 4) is 0 Å². The second-order valence-electron chi connectivity index (χ2n) is 6.72. The second-order valence-corrected chi connectivity index (χ2v) is 6.72. The molecule has 0 saturated heterocycles. The van der Waals surface area contributed by atoms with Crippen molar-refractivity contribution in [2.75, 3.05) is 0 Å². The summed E-state index contributed by atoms with van der Waals surface area (Å²) < 4.78 is 8.06. The van der Waals surface area contributed by atoms with E-state index in [4.69, 9.17) is 4.74 Å². The van der Waals surface area contributed by atoms with Crippen molar-refractivity contribution in [3.63, 3.8) is 0 Å². The zero-order valence-electron chi connectivity index (χ0n) is 13.6. The molecule has 0 saturated carbocycles. The number of carboxylic acids is 1. The molecule has 0 fully saturated rings. The molecule has 2 aliphatic heterocycles. The number of nitrogens with zero attached hydrogens (tertiary/aromatic N) is 2.